The maximum atomic E-state index is 5.26. The Kier molecular flexibility index (Phi) is 8.34. The zero-order valence-electron chi connectivity index (χ0n) is 30.8. The summed E-state index contributed by atoms with van der Waals surface area (Å²) in [7, 11) is 0. The van der Waals surface area contributed by atoms with E-state index in [0.717, 1.165) is 62.4 Å². The molecule has 0 saturated heterocycles. The molecule has 56 heavy (non-hydrogen) atoms. The van der Waals surface area contributed by atoms with Crippen LogP contribution in [0.15, 0.2) is 200 Å². The van der Waals surface area contributed by atoms with Crippen LogP contribution in [-0.2, 0) is 0 Å². The van der Waals surface area contributed by atoms with Gasteiger partial charge in [0.05, 0.1) is 22.8 Å². The van der Waals surface area contributed by atoms with E-state index in [1.54, 1.807) is 0 Å². The van der Waals surface area contributed by atoms with Crippen LogP contribution in [0.1, 0.15) is 5.82 Å². The van der Waals surface area contributed by atoms with E-state index >= 15 is 0 Å². The van der Waals surface area contributed by atoms with Crippen molar-refractivity contribution in [2.24, 2.45) is 0 Å². The Morgan fingerprint density at radius 3 is 1.21 bits per heavy atom. The average Bonchev–Trinajstić information content (AvgIpc) is 3.63. The van der Waals surface area contributed by atoms with Gasteiger partial charge in [-0.1, -0.05) is 164 Å². The standard InChI is InChI=1S/C52H36N4/c1-35-53-51(47-29-15-27-45(54-47)36-17-5-2-6-18-36)52(48-30-16-28-46(55-48)37-19-7-3-8-20-37)56(35)40-33-31-39(32-34-40)50-43-25-13-11-23-41(43)49(38-21-9-4-10-22-38)42-24-12-14-26-44(42)50/h2-34H,1H3. The van der Waals surface area contributed by atoms with Gasteiger partial charge < -0.3 is 0 Å². The summed E-state index contributed by atoms with van der Waals surface area (Å²) in [5, 5.41) is 4.93. The third kappa shape index (κ3) is 5.85. The number of aromatic nitrogens is 4. The van der Waals surface area contributed by atoms with Gasteiger partial charge in [-0.2, -0.15) is 0 Å². The van der Waals surface area contributed by atoms with Gasteiger partial charge in [0.15, 0.2) is 0 Å². The molecule has 0 amide bonds. The third-order valence-corrected chi connectivity index (χ3v) is 10.6. The molecule has 3 heterocycles. The van der Waals surface area contributed by atoms with Crippen molar-refractivity contribution in [1.29, 1.82) is 0 Å². The molecule has 10 aromatic rings. The Balaban J connectivity index is 1.16. The molecule has 0 aliphatic heterocycles. The van der Waals surface area contributed by atoms with Crippen molar-refractivity contribution in [2.45, 2.75) is 6.92 Å². The number of imidazole rings is 1. The molecular weight excluding hydrogens is 681 g/mol. The van der Waals surface area contributed by atoms with Crippen LogP contribution in [0.2, 0.25) is 0 Å². The highest BCUT2D eigenvalue weighted by atomic mass is 15.1. The topological polar surface area (TPSA) is 43.6 Å². The first-order valence-electron chi connectivity index (χ1n) is 19.0. The summed E-state index contributed by atoms with van der Waals surface area (Å²) in [6, 6.07) is 70.2. The highest BCUT2D eigenvalue weighted by Crippen LogP contribution is 2.44. The molecule has 0 fully saturated rings. The van der Waals surface area contributed by atoms with E-state index in [9.17, 15) is 0 Å². The fourth-order valence-electron chi connectivity index (χ4n) is 8.07. The lowest BCUT2D eigenvalue weighted by atomic mass is 9.86. The van der Waals surface area contributed by atoms with E-state index in [2.05, 4.69) is 169 Å². The van der Waals surface area contributed by atoms with Crippen LogP contribution in [0.5, 0.6) is 0 Å². The van der Waals surface area contributed by atoms with Gasteiger partial charge in [-0.3, -0.25) is 4.57 Å². The van der Waals surface area contributed by atoms with Crippen LogP contribution < -0.4 is 0 Å². The number of rotatable bonds is 7. The average molecular weight is 717 g/mol. The first-order chi connectivity index (χ1) is 27.7. The number of pyridine rings is 2. The smallest absolute Gasteiger partial charge is 0.117 e. The summed E-state index contributed by atoms with van der Waals surface area (Å²) in [6.07, 6.45) is 0. The maximum absolute atomic E-state index is 5.26. The zero-order chi connectivity index (χ0) is 37.4. The molecule has 0 aliphatic carbocycles. The van der Waals surface area contributed by atoms with Crippen LogP contribution in [0.3, 0.4) is 0 Å². The lowest BCUT2D eigenvalue weighted by Crippen LogP contribution is -2.02. The Bertz CT molecular complexity index is 2950. The number of nitrogens with zero attached hydrogens (tertiary/aromatic N) is 4. The van der Waals surface area contributed by atoms with Crippen molar-refractivity contribution in [3.63, 3.8) is 0 Å². The quantitative estimate of drug-likeness (QED) is 0.154. The Hall–Kier alpha value is -7.43. The van der Waals surface area contributed by atoms with Crippen LogP contribution >= 0.6 is 0 Å². The van der Waals surface area contributed by atoms with Crippen LogP contribution in [0, 0.1) is 6.92 Å². The lowest BCUT2D eigenvalue weighted by molar-refractivity contribution is 0.976. The molecule has 4 heteroatoms. The predicted molar refractivity (Wildman–Crippen MR) is 232 cm³/mol. The first kappa shape index (κ1) is 33.2. The second kappa shape index (κ2) is 14.1. The van der Waals surface area contributed by atoms with Crippen molar-refractivity contribution in [3.8, 4) is 73.2 Å². The SMILES string of the molecule is Cc1nc(-c2cccc(-c3ccccc3)n2)c(-c2cccc(-c3ccccc3)n2)n1-c1ccc(-c2c3ccccc3c(-c3ccccc3)c3ccccc23)cc1. The Labute approximate surface area is 326 Å². The van der Waals surface area contributed by atoms with E-state index in [1.165, 1.54) is 38.2 Å². The summed E-state index contributed by atoms with van der Waals surface area (Å²) >= 11 is 0. The van der Waals surface area contributed by atoms with Crippen LogP contribution in [-0.4, -0.2) is 19.5 Å². The number of hydrogen-bond acceptors (Lipinski definition) is 3. The minimum atomic E-state index is 0.788. The number of fused-ring (bicyclic) bond motifs is 2. The lowest BCUT2D eigenvalue weighted by Gasteiger charge is -2.18. The van der Waals surface area contributed by atoms with Crippen molar-refractivity contribution in [3.05, 3.63) is 206 Å². The molecule has 0 unspecified atom stereocenters. The maximum Gasteiger partial charge on any atom is 0.117 e. The van der Waals surface area contributed by atoms with Crippen LogP contribution in [0.4, 0.5) is 0 Å². The summed E-state index contributed by atoms with van der Waals surface area (Å²) in [6.45, 7) is 2.06. The minimum absolute atomic E-state index is 0.788. The third-order valence-electron chi connectivity index (χ3n) is 10.6. The fraction of sp³-hybridized carbons (Fsp3) is 0.0192. The molecule has 0 N–H and O–H groups in total. The summed E-state index contributed by atoms with van der Waals surface area (Å²) < 4.78 is 2.22. The molecule has 0 atom stereocenters. The van der Waals surface area contributed by atoms with Gasteiger partial charge in [0.25, 0.3) is 0 Å². The molecule has 0 aliphatic rings. The summed E-state index contributed by atoms with van der Waals surface area (Å²) in [5.41, 5.74) is 13.1. The molecule has 10 rings (SSSR count). The largest absolute Gasteiger partial charge is 0.294 e. The number of aryl methyl sites for hydroxylation is 1. The number of hydrogen-bond donors (Lipinski definition) is 0. The molecule has 0 radical (unpaired) electrons. The number of benzene rings is 7. The highest BCUT2D eigenvalue weighted by Gasteiger charge is 2.23. The second-order valence-electron chi connectivity index (χ2n) is 14.0. The van der Waals surface area contributed by atoms with Gasteiger partial charge in [0.1, 0.15) is 17.2 Å². The van der Waals surface area contributed by atoms with E-state index in [-0.39, 0.29) is 0 Å². The molecule has 4 nitrogen and oxygen atoms in total. The van der Waals surface area contributed by atoms with Gasteiger partial charge in [-0.25, -0.2) is 15.0 Å². The fourth-order valence-corrected chi connectivity index (χ4v) is 8.07. The Morgan fingerprint density at radius 2 is 0.714 bits per heavy atom. The van der Waals surface area contributed by atoms with Gasteiger partial charge in [0, 0.05) is 16.8 Å². The molecule has 0 saturated carbocycles. The van der Waals surface area contributed by atoms with E-state index in [4.69, 9.17) is 15.0 Å². The normalized spacial score (nSPS) is 11.3. The predicted octanol–water partition coefficient (Wildman–Crippen LogP) is 13.3. The van der Waals surface area contributed by atoms with Gasteiger partial charge in [-0.15, -0.1) is 0 Å². The molecular formula is C52H36N4. The van der Waals surface area contributed by atoms with Gasteiger partial charge in [-0.05, 0) is 87.1 Å². The van der Waals surface area contributed by atoms with E-state index < -0.39 is 0 Å². The summed E-state index contributed by atoms with van der Waals surface area (Å²) in [4.78, 5) is 15.7. The van der Waals surface area contributed by atoms with Crippen LogP contribution in [0.25, 0.3) is 94.8 Å². The van der Waals surface area contributed by atoms with Crippen molar-refractivity contribution >= 4 is 21.5 Å². The van der Waals surface area contributed by atoms with Crippen molar-refractivity contribution in [1.82, 2.24) is 19.5 Å². The molecule has 7 aromatic carbocycles. The zero-order valence-corrected chi connectivity index (χ0v) is 30.8. The Morgan fingerprint density at radius 1 is 0.321 bits per heavy atom. The molecule has 0 bridgehead atoms. The van der Waals surface area contributed by atoms with Crippen molar-refractivity contribution < 1.29 is 0 Å². The van der Waals surface area contributed by atoms with E-state index in [0.29, 0.717) is 0 Å². The van der Waals surface area contributed by atoms with Crippen molar-refractivity contribution in [2.75, 3.05) is 0 Å². The highest BCUT2D eigenvalue weighted by molar-refractivity contribution is 6.21. The van der Waals surface area contributed by atoms with Gasteiger partial charge in [0.2, 0.25) is 0 Å². The van der Waals surface area contributed by atoms with E-state index in [1.807, 2.05) is 42.5 Å². The second-order valence-corrected chi connectivity index (χ2v) is 14.0. The van der Waals surface area contributed by atoms with Gasteiger partial charge >= 0.3 is 0 Å². The monoisotopic (exact) mass is 716 g/mol. The molecule has 0 spiro atoms. The first-order valence-corrected chi connectivity index (χ1v) is 19.0. The molecule has 264 valence electrons. The minimum Gasteiger partial charge on any atom is -0.294 e. The summed E-state index contributed by atoms with van der Waals surface area (Å²) in [5.74, 6) is 0.852. The molecule has 3 aromatic heterocycles.